The van der Waals surface area contributed by atoms with E-state index in [1.807, 2.05) is 30.2 Å². The third-order valence-electron chi connectivity index (χ3n) is 5.36. The molecular weight excluding hydrogens is 368 g/mol. The van der Waals surface area contributed by atoms with Crippen LogP contribution in [0.3, 0.4) is 0 Å². The topological polar surface area (TPSA) is 83.7 Å². The largest absolute Gasteiger partial charge is 0.345 e. The van der Waals surface area contributed by atoms with Crippen LogP contribution in [0.15, 0.2) is 36.9 Å². The molecule has 150 valence electrons. The van der Waals surface area contributed by atoms with Crippen LogP contribution in [-0.2, 0) is 0 Å². The van der Waals surface area contributed by atoms with Crippen molar-refractivity contribution in [3.63, 3.8) is 0 Å². The number of piperidine rings is 1. The van der Waals surface area contributed by atoms with E-state index in [0.717, 1.165) is 24.1 Å². The lowest BCUT2D eigenvalue weighted by molar-refractivity contribution is 0.0713. The summed E-state index contributed by atoms with van der Waals surface area (Å²) >= 11 is 0. The first kappa shape index (κ1) is 19.0. The van der Waals surface area contributed by atoms with Gasteiger partial charge in [0.15, 0.2) is 5.65 Å². The van der Waals surface area contributed by atoms with Gasteiger partial charge in [0.2, 0.25) is 0 Å². The van der Waals surface area contributed by atoms with E-state index in [-0.39, 0.29) is 17.7 Å². The van der Waals surface area contributed by atoms with Crippen molar-refractivity contribution in [3.05, 3.63) is 59.3 Å². The Labute approximate surface area is 169 Å². The zero-order valence-corrected chi connectivity index (χ0v) is 16.9. The molecule has 0 spiro atoms. The smallest absolute Gasteiger partial charge is 0.259 e. The molecule has 29 heavy (non-hydrogen) atoms. The first-order valence-electron chi connectivity index (χ1n) is 9.71. The quantitative estimate of drug-likeness (QED) is 0.682. The maximum Gasteiger partial charge on any atom is 0.259 e. The minimum Gasteiger partial charge on any atom is -0.345 e. The van der Waals surface area contributed by atoms with E-state index in [4.69, 9.17) is 0 Å². The van der Waals surface area contributed by atoms with Crippen molar-refractivity contribution in [2.75, 3.05) is 27.2 Å². The molecule has 1 aliphatic rings. The molecule has 3 aromatic rings. The molecule has 0 saturated carbocycles. The van der Waals surface area contributed by atoms with Gasteiger partial charge in [-0.05, 0) is 37.5 Å². The first-order valence-corrected chi connectivity index (χ1v) is 9.71. The third-order valence-corrected chi connectivity index (χ3v) is 5.36. The van der Waals surface area contributed by atoms with Gasteiger partial charge in [-0.2, -0.15) is 5.10 Å². The summed E-state index contributed by atoms with van der Waals surface area (Å²) in [7, 11) is 3.45. The fraction of sp³-hybridized carbons (Fsp3) is 0.381. The number of pyridine rings is 1. The van der Waals surface area contributed by atoms with Crippen molar-refractivity contribution < 1.29 is 9.59 Å². The molecule has 8 nitrogen and oxygen atoms in total. The highest BCUT2D eigenvalue weighted by molar-refractivity contribution is 5.99. The summed E-state index contributed by atoms with van der Waals surface area (Å²) in [6.45, 7) is 3.26. The average molecular weight is 392 g/mol. The minimum absolute atomic E-state index is 0.0327. The number of carbonyl (C=O) groups is 2. The number of aryl methyl sites for hydroxylation is 1. The number of carbonyl (C=O) groups excluding carboxylic acids is 2. The molecule has 0 aliphatic carbocycles. The number of amides is 2. The highest BCUT2D eigenvalue weighted by atomic mass is 16.2. The van der Waals surface area contributed by atoms with Gasteiger partial charge >= 0.3 is 0 Å². The van der Waals surface area contributed by atoms with Gasteiger partial charge in [0.1, 0.15) is 5.56 Å². The Kier molecular flexibility index (Phi) is 5.00. The summed E-state index contributed by atoms with van der Waals surface area (Å²) in [5.74, 6) is 0.198. The third kappa shape index (κ3) is 3.70. The number of fused-ring (bicyclic) bond motifs is 1. The summed E-state index contributed by atoms with van der Waals surface area (Å²) in [6, 6.07) is 3.76. The predicted molar refractivity (Wildman–Crippen MR) is 108 cm³/mol. The fourth-order valence-corrected chi connectivity index (χ4v) is 3.70. The normalized spacial score (nSPS) is 14.9. The molecule has 1 fully saturated rings. The molecule has 4 heterocycles. The van der Waals surface area contributed by atoms with Gasteiger partial charge in [0.25, 0.3) is 11.8 Å². The van der Waals surface area contributed by atoms with Gasteiger partial charge in [-0.3, -0.25) is 14.6 Å². The van der Waals surface area contributed by atoms with Crippen molar-refractivity contribution >= 4 is 17.5 Å². The van der Waals surface area contributed by atoms with Crippen LogP contribution in [0.1, 0.15) is 50.7 Å². The molecule has 1 aliphatic heterocycles. The van der Waals surface area contributed by atoms with E-state index < -0.39 is 0 Å². The van der Waals surface area contributed by atoms with Gasteiger partial charge in [0, 0.05) is 57.4 Å². The molecule has 0 N–H and O–H groups in total. The second-order valence-corrected chi connectivity index (χ2v) is 7.70. The molecule has 3 aromatic heterocycles. The molecule has 0 unspecified atom stereocenters. The van der Waals surface area contributed by atoms with Gasteiger partial charge in [-0.15, -0.1) is 0 Å². The van der Waals surface area contributed by atoms with Gasteiger partial charge in [-0.1, -0.05) is 0 Å². The minimum atomic E-state index is -0.0540. The van der Waals surface area contributed by atoms with Crippen molar-refractivity contribution in [2.24, 2.45) is 0 Å². The second kappa shape index (κ2) is 7.62. The van der Waals surface area contributed by atoms with E-state index in [1.165, 1.54) is 4.90 Å². The SMILES string of the molecule is Cc1cnc2c(C(=O)N3CCC(c4ccc(C(=O)N(C)C)cn4)CC3)cnn2c1. The zero-order valence-electron chi connectivity index (χ0n) is 16.9. The Bertz CT molecular complexity index is 1050. The molecule has 1 saturated heterocycles. The van der Waals surface area contributed by atoms with Crippen LogP contribution in [-0.4, -0.2) is 68.4 Å². The van der Waals surface area contributed by atoms with Crippen LogP contribution in [0.4, 0.5) is 0 Å². The van der Waals surface area contributed by atoms with Crippen LogP contribution >= 0.6 is 0 Å². The molecular formula is C21H24N6O2. The van der Waals surface area contributed by atoms with Crippen molar-refractivity contribution in [1.29, 1.82) is 0 Å². The molecule has 0 bridgehead atoms. The van der Waals surface area contributed by atoms with Crippen LogP contribution in [0.5, 0.6) is 0 Å². The second-order valence-electron chi connectivity index (χ2n) is 7.70. The van der Waals surface area contributed by atoms with Crippen LogP contribution in [0, 0.1) is 6.92 Å². The summed E-state index contributed by atoms with van der Waals surface area (Å²) in [5.41, 5.74) is 3.67. The first-order chi connectivity index (χ1) is 13.9. The lowest BCUT2D eigenvalue weighted by Crippen LogP contribution is -2.38. The van der Waals surface area contributed by atoms with E-state index in [9.17, 15) is 9.59 Å². The summed E-state index contributed by atoms with van der Waals surface area (Å²) in [4.78, 5) is 37.2. The fourth-order valence-electron chi connectivity index (χ4n) is 3.70. The van der Waals surface area contributed by atoms with E-state index in [2.05, 4.69) is 15.1 Å². The molecule has 4 rings (SSSR count). The van der Waals surface area contributed by atoms with Crippen LogP contribution in [0.25, 0.3) is 5.65 Å². The van der Waals surface area contributed by atoms with Crippen molar-refractivity contribution in [1.82, 2.24) is 29.4 Å². The lowest BCUT2D eigenvalue weighted by Gasteiger charge is -2.31. The molecule has 2 amide bonds. The Morgan fingerprint density at radius 1 is 1.07 bits per heavy atom. The number of hydrogen-bond donors (Lipinski definition) is 0. The van der Waals surface area contributed by atoms with Crippen LogP contribution < -0.4 is 0 Å². The number of rotatable bonds is 3. The zero-order chi connectivity index (χ0) is 20.5. The number of nitrogens with zero attached hydrogens (tertiary/aromatic N) is 6. The maximum absolute atomic E-state index is 13.0. The standard InChI is InChI=1S/C21H24N6O2/c1-14-10-23-19-17(12-24-27(19)13-14)21(29)26-8-6-15(7-9-26)18-5-4-16(11-22-18)20(28)25(2)3/h4-5,10-13,15H,6-9H2,1-3H3. The average Bonchev–Trinajstić information content (AvgIpc) is 3.16. The van der Waals surface area contributed by atoms with E-state index in [1.54, 1.807) is 37.2 Å². The van der Waals surface area contributed by atoms with E-state index in [0.29, 0.717) is 29.9 Å². The number of aromatic nitrogens is 4. The molecule has 0 atom stereocenters. The highest BCUT2D eigenvalue weighted by Crippen LogP contribution is 2.28. The molecule has 0 radical (unpaired) electrons. The van der Waals surface area contributed by atoms with Crippen molar-refractivity contribution in [2.45, 2.75) is 25.7 Å². The Balaban J connectivity index is 1.42. The summed E-state index contributed by atoms with van der Waals surface area (Å²) in [5, 5.41) is 4.26. The Morgan fingerprint density at radius 2 is 1.83 bits per heavy atom. The van der Waals surface area contributed by atoms with Gasteiger partial charge < -0.3 is 9.80 Å². The Morgan fingerprint density at radius 3 is 2.48 bits per heavy atom. The van der Waals surface area contributed by atoms with Crippen molar-refractivity contribution in [3.8, 4) is 0 Å². The van der Waals surface area contributed by atoms with Gasteiger partial charge in [-0.25, -0.2) is 9.50 Å². The molecule has 8 heteroatoms. The van der Waals surface area contributed by atoms with Gasteiger partial charge in [0.05, 0.1) is 11.8 Å². The summed E-state index contributed by atoms with van der Waals surface area (Å²) in [6.07, 6.45) is 8.52. The summed E-state index contributed by atoms with van der Waals surface area (Å²) < 4.78 is 1.65. The lowest BCUT2D eigenvalue weighted by atomic mass is 9.92. The number of hydrogen-bond acceptors (Lipinski definition) is 5. The van der Waals surface area contributed by atoms with E-state index >= 15 is 0 Å². The highest BCUT2D eigenvalue weighted by Gasteiger charge is 2.27. The predicted octanol–water partition coefficient (Wildman–Crippen LogP) is 2.15. The number of likely N-dealkylation sites (tertiary alicyclic amines) is 1. The van der Waals surface area contributed by atoms with Crippen LogP contribution in [0.2, 0.25) is 0 Å². The molecule has 0 aromatic carbocycles. The maximum atomic E-state index is 13.0. The Hall–Kier alpha value is -3.29. The monoisotopic (exact) mass is 392 g/mol.